The smallest absolute Gasteiger partial charge is 0.243 e. The molecule has 2 amide bonds. The largest absolute Gasteiger partial charge is 0.360 e. The molecule has 2 aromatic heterocycles. The molecule has 0 saturated heterocycles. The van der Waals surface area contributed by atoms with Gasteiger partial charge in [-0.2, -0.15) is 0 Å². The molecule has 0 bridgehead atoms. The number of halogens is 1. The van der Waals surface area contributed by atoms with Gasteiger partial charge in [0.25, 0.3) is 0 Å². The second-order valence-electron chi connectivity index (χ2n) is 10.6. The Morgan fingerprint density at radius 1 is 1.07 bits per heavy atom. The van der Waals surface area contributed by atoms with Gasteiger partial charge in [-0.15, -0.1) is 0 Å². The van der Waals surface area contributed by atoms with Gasteiger partial charge < -0.3 is 25.8 Å². The van der Waals surface area contributed by atoms with Crippen LogP contribution in [-0.4, -0.2) is 58.3 Å². The van der Waals surface area contributed by atoms with E-state index in [1.807, 2.05) is 79.8 Å². The van der Waals surface area contributed by atoms with E-state index < -0.39 is 0 Å². The SMILES string of the molecule is CN(C)CC=CC(=O)NC1CCC(C(=O)Nc2cccc(Nc3ncc(Cl)c(-c4c[nH]c5ccccc45)n3)c2)CC1. The number of para-hydroxylation sites is 1. The first-order chi connectivity index (χ1) is 19.9. The van der Waals surface area contributed by atoms with Crippen molar-refractivity contribution in [3.63, 3.8) is 0 Å². The lowest BCUT2D eigenvalue weighted by Crippen LogP contribution is -2.39. The summed E-state index contributed by atoms with van der Waals surface area (Å²) in [6.45, 7) is 0.718. The second kappa shape index (κ2) is 13.0. The second-order valence-corrected chi connectivity index (χ2v) is 11.0. The summed E-state index contributed by atoms with van der Waals surface area (Å²) < 4.78 is 0. The number of amides is 2. The lowest BCUT2D eigenvalue weighted by Gasteiger charge is -2.28. The minimum atomic E-state index is -0.0950. The number of carbonyl (C=O) groups is 2. The number of hydrogen-bond acceptors (Lipinski definition) is 6. The highest BCUT2D eigenvalue weighted by atomic mass is 35.5. The fraction of sp³-hybridized carbons (Fsp3) is 0.290. The maximum absolute atomic E-state index is 13.0. The predicted molar refractivity (Wildman–Crippen MR) is 164 cm³/mol. The van der Waals surface area contributed by atoms with E-state index in [0.717, 1.165) is 54.4 Å². The van der Waals surface area contributed by atoms with Gasteiger partial charge in [0.2, 0.25) is 17.8 Å². The number of aromatic nitrogens is 3. The van der Waals surface area contributed by atoms with Gasteiger partial charge >= 0.3 is 0 Å². The zero-order valence-electron chi connectivity index (χ0n) is 23.2. The minimum absolute atomic E-state index is 0.0119. The van der Waals surface area contributed by atoms with Crippen molar-refractivity contribution < 1.29 is 9.59 Å². The van der Waals surface area contributed by atoms with Crippen LogP contribution >= 0.6 is 11.6 Å². The summed E-state index contributed by atoms with van der Waals surface area (Å²) >= 11 is 6.47. The Hall–Kier alpha value is -4.21. The van der Waals surface area contributed by atoms with Crippen molar-refractivity contribution in [2.45, 2.75) is 31.7 Å². The van der Waals surface area contributed by atoms with Crippen LogP contribution in [0.4, 0.5) is 17.3 Å². The molecule has 2 aromatic carbocycles. The maximum Gasteiger partial charge on any atom is 0.243 e. The molecule has 0 atom stereocenters. The monoisotopic (exact) mass is 571 g/mol. The van der Waals surface area contributed by atoms with Crippen LogP contribution in [0, 0.1) is 5.92 Å². The lowest BCUT2D eigenvalue weighted by molar-refractivity contribution is -0.121. The molecule has 5 rings (SSSR count). The number of nitrogens with zero attached hydrogens (tertiary/aromatic N) is 3. The number of nitrogens with one attached hydrogen (secondary N) is 4. The molecule has 0 radical (unpaired) electrons. The highest BCUT2D eigenvalue weighted by Gasteiger charge is 2.27. The minimum Gasteiger partial charge on any atom is -0.360 e. The van der Waals surface area contributed by atoms with Gasteiger partial charge in [0, 0.05) is 58.6 Å². The Morgan fingerprint density at radius 3 is 2.66 bits per heavy atom. The molecular formula is C31H34ClN7O2. The Morgan fingerprint density at radius 2 is 1.85 bits per heavy atom. The molecule has 0 spiro atoms. The lowest BCUT2D eigenvalue weighted by atomic mass is 9.85. The van der Waals surface area contributed by atoms with Crippen molar-refractivity contribution >= 4 is 51.6 Å². The van der Waals surface area contributed by atoms with Gasteiger partial charge in [-0.05, 0) is 64.0 Å². The number of anilines is 3. The Labute approximate surface area is 244 Å². The van der Waals surface area contributed by atoms with Crippen LogP contribution < -0.4 is 16.0 Å². The third-order valence-corrected chi connectivity index (χ3v) is 7.44. The van der Waals surface area contributed by atoms with E-state index >= 15 is 0 Å². The number of aromatic amines is 1. The van der Waals surface area contributed by atoms with E-state index in [9.17, 15) is 9.59 Å². The Bertz CT molecular complexity index is 1560. The average Bonchev–Trinajstić information content (AvgIpc) is 3.38. The fourth-order valence-corrected chi connectivity index (χ4v) is 5.24. The number of H-pyrrole nitrogens is 1. The third kappa shape index (κ3) is 7.31. The van der Waals surface area contributed by atoms with Crippen molar-refractivity contribution in [3.8, 4) is 11.3 Å². The predicted octanol–water partition coefficient (Wildman–Crippen LogP) is 5.75. The average molecular weight is 572 g/mol. The number of likely N-dealkylation sites (N-methyl/N-ethyl adjacent to an activating group) is 1. The van der Waals surface area contributed by atoms with E-state index in [1.54, 1.807) is 12.3 Å². The van der Waals surface area contributed by atoms with Crippen LogP contribution in [0.3, 0.4) is 0 Å². The summed E-state index contributed by atoms with van der Waals surface area (Å²) in [6.07, 6.45) is 9.91. The van der Waals surface area contributed by atoms with E-state index in [2.05, 4.69) is 30.9 Å². The number of rotatable bonds is 9. The summed E-state index contributed by atoms with van der Waals surface area (Å²) in [6, 6.07) is 15.5. The molecule has 4 aromatic rings. The molecule has 41 heavy (non-hydrogen) atoms. The van der Waals surface area contributed by atoms with Gasteiger partial charge in [-0.3, -0.25) is 9.59 Å². The molecule has 2 heterocycles. The summed E-state index contributed by atoms with van der Waals surface area (Å²) in [5.41, 5.74) is 3.95. The quantitative estimate of drug-likeness (QED) is 0.190. The molecule has 212 valence electrons. The van der Waals surface area contributed by atoms with E-state index in [1.165, 1.54) is 0 Å². The van der Waals surface area contributed by atoms with Crippen molar-refractivity contribution in [2.75, 3.05) is 31.3 Å². The van der Waals surface area contributed by atoms with Crippen molar-refractivity contribution in [2.24, 2.45) is 5.92 Å². The molecule has 10 heteroatoms. The fourth-order valence-electron chi connectivity index (χ4n) is 5.05. The van der Waals surface area contributed by atoms with Crippen LogP contribution in [0.5, 0.6) is 0 Å². The van der Waals surface area contributed by atoms with E-state index in [-0.39, 0.29) is 23.8 Å². The first kappa shape index (κ1) is 28.3. The van der Waals surface area contributed by atoms with Crippen LogP contribution in [-0.2, 0) is 9.59 Å². The summed E-state index contributed by atoms with van der Waals surface area (Å²) in [4.78, 5) is 39.4. The van der Waals surface area contributed by atoms with Crippen LogP contribution in [0.1, 0.15) is 25.7 Å². The zero-order valence-corrected chi connectivity index (χ0v) is 23.9. The van der Waals surface area contributed by atoms with Crippen molar-refractivity contribution in [3.05, 3.63) is 78.1 Å². The van der Waals surface area contributed by atoms with Gasteiger partial charge in [0.1, 0.15) is 0 Å². The topological polar surface area (TPSA) is 115 Å². The third-order valence-electron chi connectivity index (χ3n) is 7.16. The van der Waals surface area contributed by atoms with Gasteiger partial charge in [0.05, 0.1) is 16.9 Å². The first-order valence-corrected chi connectivity index (χ1v) is 14.1. The zero-order chi connectivity index (χ0) is 28.8. The number of benzene rings is 2. The molecule has 1 aliphatic rings. The van der Waals surface area contributed by atoms with Crippen molar-refractivity contribution in [1.29, 1.82) is 0 Å². The standard InChI is InChI=1S/C31H34ClN7O2/c1-39(2)16-6-11-28(40)35-21-14-12-20(13-15-21)30(41)36-22-7-5-8-23(17-22)37-31-34-19-26(32)29(38-31)25-18-33-27-10-4-3-9-24(25)27/h3-11,17-21,33H,12-16H2,1-2H3,(H,35,40)(H,36,41)(H,34,37,38). The molecule has 9 nitrogen and oxygen atoms in total. The molecule has 1 saturated carbocycles. The highest BCUT2D eigenvalue weighted by Crippen LogP contribution is 2.33. The number of carbonyl (C=O) groups excluding carboxylic acids is 2. The first-order valence-electron chi connectivity index (χ1n) is 13.7. The van der Waals surface area contributed by atoms with E-state index in [4.69, 9.17) is 11.6 Å². The highest BCUT2D eigenvalue weighted by molar-refractivity contribution is 6.33. The van der Waals surface area contributed by atoms with Crippen LogP contribution in [0.25, 0.3) is 22.2 Å². The van der Waals surface area contributed by atoms with Crippen LogP contribution in [0.2, 0.25) is 5.02 Å². The molecular weight excluding hydrogens is 538 g/mol. The van der Waals surface area contributed by atoms with Gasteiger partial charge in [-0.25, -0.2) is 9.97 Å². The number of hydrogen-bond donors (Lipinski definition) is 4. The molecule has 0 aliphatic heterocycles. The normalized spacial score (nSPS) is 17.2. The summed E-state index contributed by atoms with van der Waals surface area (Å²) in [5, 5.41) is 10.8. The van der Waals surface area contributed by atoms with Gasteiger partial charge in [-0.1, -0.05) is 41.9 Å². The number of fused-ring (bicyclic) bond motifs is 1. The molecule has 1 fully saturated rings. The summed E-state index contributed by atoms with van der Waals surface area (Å²) in [7, 11) is 3.91. The Kier molecular flexibility index (Phi) is 8.96. The van der Waals surface area contributed by atoms with E-state index in [0.29, 0.717) is 22.4 Å². The molecule has 0 unspecified atom stereocenters. The molecule has 4 N–H and O–H groups in total. The Balaban J connectivity index is 1.17. The maximum atomic E-state index is 13.0. The van der Waals surface area contributed by atoms with Gasteiger partial charge in [0.15, 0.2) is 0 Å². The van der Waals surface area contributed by atoms with Crippen LogP contribution in [0.15, 0.2) is 73.1 Å². The summed E-state index contributed by atoms with van der Waals surface area (Å²) in [5.74, 6) is 0.210. The van der Waals surface area contributed by atoms with Crippen molar-refractivity contribution in [1.82, 2.24) is 25.2 Å². The molecule has 1 aliphatic carbocycles.